The molecule has 0 spiro atoms. The van der Waals surface area contributed by atoms with E-state index in [0.717, 1.165) is 26.9 Å². The molecule has 0 saturated carbocycles. The SMILES string of the molecule is c1cc(-c2ccc(-c3cccc4c3sc3ccccc34)cc2)cc(-c2ncnc3c2sc2ccc(-c4ccc5cc(-c6ccc7ccccc7c6)ccc5c4)cc23)c1. The molecule has 0 bridgehead atoms. The molecule has 0 N–H and O–H groups in total. The van der Waals surface area contributed by atoms with Gasteiger partial charge in [0.1, 0.15) is 6.33 Å². The fraction of sp³-hybridized carbons (Fsp3) is 0. The monoisotopic (exact) mass is 772 g/mol. The number of rotatable bonds is 5. The van der Waals surface area contributed by atoms with E-state index in [9.17, 15) is 0 Å². The first kappa shape index (κ1) is 33.2. The van der Waals surface area contributed by atoms with Crippen LogP contribution in [0.2, 0.25) is 0 Å². The molecule has 0 aliphatic rings. The summed E-state index contributed by atoms with van der Waals surface area (Å²) in [6.45, 7) is 0. The minimum absolute atomic E-state index is 0.968. The van der Waals surface area contributed by atoms with Crippen molar-refractivity contribution in [1.29, 1.82) is 0 Å². The summed E-state index contributed by atoms with van der Waals surface area (Å²) in [5.74, 6) is 0. The van der Waals surface area contributed by atoms with Gasteiger partial charge in [0, 0.05) is 35.8 Å². The second-order valence-corrected chi connectivity index (χ2v) is 17.1. The zero-order valence-corrected chi connectivity index (χ0v) is 32.8. The zero-order chi connectivity index (χ0) is 38.2. The van der Waals surface area contributed by atoms with Gasteiger partial charge in [-0.05, 0) is 109 Å². The number of thiophene rings is 2. The van der Waals surface area contributed by atoms with Crippen molar-refractivity contribution in [2.75, 3.05) is 0 Å². The molecule has 4 heteroatoms. The predicted molar refractivity (Wildman–Crippen MR) is 250 cm³/mol. The quantitative estimate of drug-likeness (QED) is 0.174. The summed E-state index contributed by atoms with van der Waals surface area (Å²) in [7, 11) is 0. The summed E-state index contributed by atoms with van der Waals surface area (Å²) >= 11 is 3.64. The Labute approximate surface area is 343 Å². The molecule has 0 unspecified atom stereocenters. The maximum Gasteiger partial charge on any atom is 0.116 e. The third-order valence-electron chi connectivity index (χ3n) is 11.6. The van der Waals surface area contributed by atoms with Crippen LogP contribution in [-0.2, 0) is 0 Å². The van der Waals surface area contributed by atoms with Gasteiger partial charge in [-0.15, -0.1) is 22.7 Å². The van der Waals surface area contributed by atoms with E-state index in [0.29, 0.717) is 0 Å². The van der Waals surface area contributed by atoms with E-state index >= 15 is 0 Å². The minimum atomic E-state index is 0.968. The Kier molecular flexibility index (Phi) is 7.62. The summed E-state index contributed by atoms with van der Waals surface area (Å²) < 4.78 is 4.99. The fourth-order valence-electron chi connectivity index (χ4n) is 8.60. The van der Waals surface area contributed by atoms with Crippen molar-refractivity contribution in [3.63, 3.8) is 0 Å². The largest absolute Gasteiger partial charge is 0.235 e. The lowest BCUT2D eigenvalue weighted by atomic mass is 9.96. The van der Waals surface area contributed by atoms with E-state index in [4.69, 9.17) is 9.97 Å². The summed E-state index contributed by atoms with van der Waals surface area (Å²) in [5.41, 5.74) is 12.8. The van der Waals surface area contributed by atoms with Crippen molar-refractivity contribution in [3.05, 3.63) is 194 Å². The molecular formula is C54H32N2S2. The Morgan fingerprint density at radius 3 is 1.67 bits per heavy atom. The topological polar surface area (TPSA) is 25.8 Å². The maximum absolute atomic E-state index is 4.87. The Hall–Kier alpha value is -6.98. The van der Waals surface area contributed by atoms with Gasteiger partial charge in [0.15, 0.2) is 0 Å². The van der Waals surface area contributed by atoms with Crippen LogP contribution >= 0.6 is 22.7 Å². The van der Waals surface area contributed by atoms with Gasteiger partial charge < -0.3 is 0 Å². The summed E-state index contributed by atoms with van der Waals surface area (Å²) in [6, 6.07) is 68.7. The number of hydrogen-bond acceptors (Lipinski definition) is 4. The first-order valence-electron chi connectivity index (χ1n) is 19.5. The lowest BCUT2D eigenvalue weighted by Gasteiger charge is -2.09. The van der Waals surface area contributed by atoms with Gasteiger partial charge in [-0.25, -0.2) is 9.97 Å². The van der Waals surface area contributed by atoms with Gasteiger partial charge in [-0.3, -0.25) is 0 Å². The molecule has 3 heterocycles. The lowest BCUT2D eigenvalue weighted by Crippen LogP contribution is -1.87. The summed E-state index contributed by atoms with van der Waals surface area (Å²) in [5, 5.41) is 8.79. The van der Waals surface area contributed by atoms with Crippen molar-refractivity contribution < 1.29 is 0 Å². The van der Waals surface area contributed by atoms with Gasteiger partial charge in [0.2, 0.25) is 0 Å². The van der Waals surface area contributed by atoms with Crippen LogP contribution in [0.3, 0.4) is 0 Å². The van der Waals surface area contributed by atoms with Crippen molar-refractivity contribution >= 4 is 84.7 Å². The van der Waals surface area contributed by atoms with Crippen molar-refractivity contribution in [3.8, 4) is 55.8 Å². The van der Waals surface area contributed by atoms with E-state index in [-0.39, 0.29) is 0 Å². The molecular weight excluding hydrogens is 741 g/mol. The highest BCUT2D eigenvalue weighted by atomic mass is 32.1. The molecule has 270 valence electrons. The third-order valence-corrected chi connectivity index (χ3v) is 14.0. The fourth-order valence-corrected chi connectivity index (χ4v) is 11.0. The maximum atomic E-state index is 4.87. The highest BCUT2D eigenvalue weighted by Crippen LogP contribution is 2.42. The molecule has 9 aromatic carbocycles. The first-order valence-corrected chi connectivity index (χ1v) is 21.2. The van der Waals surface area contributed by atoms with Gasteiger partial charge >= 0.3 is 0 Å². The molecule has 0 atom stereocenters. The van der Waals surface area contributed by atoms with Gasteiger partial charge in [0.25, 0.3) is 0 Å². The Morgan fingerprint density at radius 2 is 0.862 bits per heavy atom. The number of nitrogens with zero attached hydrogens (tertiary/aromatic N) is 2. The smallest absolute Gasteiger partial charge is 0.116 e. The van der Waals surface area contributed by atoms with E-state index in [1.807, 2.05) is 11.3 Å². The van der Waals surface area contributed by atoms with Crippen LogP contribution in [-0.4, -0.2) is 9.97 Å². The van der Waals surface area contributed by atoms with E-state index < -0.39 is 0 Å². The molecule has 12 aromatic rings. The van der Waals surface area contributed by atoms with Crippen LogP contribution in [0.25, 0.3) is 118 Å². The molecule has 0 aliphatic carbocycles. The van der Waals surface area contributed by atoms with Gasteiger partial charge in [-0.2, -0.15) is 0 Å². The van der Waals surface area contributed by atoms with Crippen LogP contribution in [0, 0.1) is 0 Å². The first-order chi connectivity index (χ1) is 28.7. The minimum Gasteiger partial charge on any atom is -0.235 e. The highest BCUT2D eigenvalue weighted by molar-refractivity contribution is 7.26. The Bertz CT molecular complexity index is 3580. The Balaban J connectivity index is 0.857. The Morgan fingerprint density at radius 1 is 0.310 bits per heavy atom. The van der Waals surface area contributed by atoms with Crippen LogP contribution in [0.5, 0.6) is 0 Å². The van der Waals surface area contributed by atoms with Crippen LogP contribution in [0.15, 0.2) is 194 Å². The predicted octanol–water partition coefficient (Wildman–Crippen LogP) is 15.9. The van der Waals surface area contributed by atoms with Crippen molar-refractivity contribution in [2.24, 2.45) is 0 Å². The van der Waals surface area contributed by atoms with Crippen molar-refractivity contribution in [1.82, 2.24) is 9.97 Å². The van der Waals surface area contributed by atoms with Crippen LogP contribution in [0.4, 0.5) is 0 Å². The van der Waals surface area contributed by atoms with Crippen LogP contribution in [0.1, 0.15) is 0 Å². The average molecular weight is 773 g/mol. The third kappa shape index (κ3) is 5.53. The molecule has 2 nitrogen and oxygen atoms in total. The zero-order valence-electron chi connectivity index (χ0n) is 31.2. The molecule has 0 amide bonds. The number of hydrogen-bond donors (Lipinski definition) is 0. The highest BCUT2D eigenvalue weighted by Gasteiger charge is 2.16. The summed E-state index contributed by atoms with van der Waals surface area (Å²) in [4.78, 5) is 9.72. The molecule has 0 saturated heterocycles. The summed E-state index contributed by atoms with van der Waals surface area (Å²) in [6.07, 6.45) is 1.72. The number of fused-ring (bicyclic) bond motifs is 8. The van der Waals surface area contributed by atoms with Crippen molar-refractivity contribution in [2.45, 2.75) is 0 Å². The van der Waals surface area contributed by atoms with E-state index in [2.05, 4.69) is 188 Å². The number of benzene rings is 9. The van der Waals surface area contributed by atoms with Gasteiger partial charge in [0.05, 0.1) is 15.9 Å². The second-order valence-electron chi connectivity index (χ2n) is 15.0. The van der Waals surface area contributed by atoms with E-state index in [1.54, 1.807) is 17.7 Å². The molecule has 0 fully saturated rings. The molecule has 12 rings (SSSR count). The lowest BCUT2D eigenvalue weighted by molar-refractivity contribution is 1.24. The molecule has 58 heavy (non-hydrogen) atoms. The molecule has 3 aromatic heterocycles. The van der Waals surface area contributed by atoms with Crippen LogP contribution < -0.4 is 0 Å². The number of aromatic nitrogens is 2. The second kappa shape index (κ2) is 13.3. The molecule has 0 aliphatic heterocycles. The normalized spacial score (nSPS) is 11.8. The van der Waals surface area contributed by atoms with E-state index in [1.165, 1.54) is 90.9 Å². The average Bonchev–Trinajstić information content (AvgIpc) is 3.87. The molecule has 0 radical (unpaired) electrons. The van der Waals surface area contributed by atoms with Gasteiger partial charge in [-0.1, -0.05) is 146 Å². The standard InChI is InChI=1S/C54H32N2S2/c1-2-8-36-27-38(20-17-33(36)7-1)39-21-22-41-29-42(24-23-40(41)28-39)43-25-26-50-48(31-43)52-54(58-50)51(55-32-56-52)44-10-5-9-37(30-44)34-15-18-35(19-16-34)45-12-6-13-47-46-11-3-4-14-49(46)57-53(45)47/h1-32H.